The molecule has 0 saturated heterocycles. The summed E-state index contributed by atoms with van der Waals surface area (Å²) in [5.74, 6) is 1.79. The Morgan fingerprint density at radius 3 is 2.38 bits per heavy atom. The van der Waals surface area contributed by atoms with Gasteiger partial charge < -0.3 is 15.2 Å². The molecule has 0 bridgehead atoms. The summed E-state index contributed by atoms with van der Waals surface area (Å²) < 4.78 is 6.16. The fraction of sp³-hybridized carbons (Fsp3) is 0.429. The Kier molecular flexibility index (Phi) is 7.47. The Labute approximate surface area is 145 Å². The lowest BCUT2D eigenvalue weighted by atomic mass is 10.0. The van der Waals surface area contributed by atoms with Gasteiger partial charge >= 0.3 is 0 Å². The highest BCUT2D eigenvalue weighted by Gasteiger charge is 2.15. The zero-order valence-electron chi connectivity index (χ0n) is 14.8. The van der Waals surface area contributed by atoms with Crippen molar-refractivity contribution in [2.24, 2.45) is 0 Å². The van der Waals surface area contributed by atoms with Crippen LogP contribution >= 0.6 is 0 Å². The number of aromatic hydroxyl groups is 1. The van der Waals surface area contributed by atoms with Crippen LogP contribution in [-0.2, 0) is 6.42 Å². The molecule has 2 aromatic rings. The smallest absolute Gasteiger partial charge is 0.157 e. The molecule has 0 aliphatic heterocycles. The normalized spacial score (nSPS) is 10.6. The molecule has 130 valence electrons. The van der Waals surface area contributed by atoms with E-state index in [4.69, 9.17) is 4.74 Å². The maximum Gasteiger partial charge on any atom is 0.157 e. The molecule has 0 fully saturated rings. The van der Waals surface area contributed by atoms with Crippen LogP contribution in [0.4, 0.5) is 5.69 Å². The van der Waals surface area contributed by atoms with Crippen molar-refractivity contribution in [2.45, 2.75) is 52.4 Å². The van der Waals surface area contributed by atoms with Crippen LogP contribution in [0.2, 0.25) is 0 Å². The Balaban J connectivity index is 2.29. The summed E-state index contributed by atoms with van der Waals surface area (Å²) in [5.41, 5.74) is 1.85. The predicted octanol–water partition coefficient (Wildman–Crippen LogP) is 6.13. The summed E-state index contributed by atoms with van der Waals surface area (Å²) >= 11 is 0. The second-order valence-corrected chi connectivity index (χ2v) is 6.10. The number of nitrogens with one attached hydrogen (secondary N) is 1. The second kappa shape index (κ2) is 9.86. The van der Waals surface area contributed by atoms with Gasteiger partial charge in [0.1, 0.15) is 17.2 Å². The quantitative estimate of drug-likeness (QED) is 0.407. The van der Waals surface area contributed by atoms with E-state index in [1.165, 1.54) is 12.8 Å². The maximum atomic E-state index is 10.3. The molecule has 24 heavy (non-hydrogen) atoms. The van der Waals surface area contributed by atoms with Crippen molar-refractivity contribution in [3.63, 3.8) is 0 Å². The number of phenolic OH excluding ortho intramolecular Hbond substituents is 1. The van der Waals surface area contributed by atoms with Crippen LogP contribution in [0.1, 0.15) is 51.5 Å². The van der Waals surface area contributed by atoms with Crippen molar-refractivity contribution in [1.29, 1.82) is 0 Å². The van der Waals surface area contributed by atoms with Crippen LogP contribution in [0.3, 0.4) is 0 Å². The molecule has 0 atom stereocenters. The molecule has 0 aromatic heterocycles. The van der Waals surface area contributed by atoms with Gasteiger partial charge in [-0.3, -0.25) is 0 Å². The Bertz CT molecular complexity index is 611. The van der Waals surface area contributed by atoms with E-state index in [1.54, 1.807) is 6.07 Å². The van der Waals surface area contributed by atoms with Crippen molar-refractivity contribution < 1.29 is 9.84 Å². The monoisotopic (exact) mass is 327 g/mol. The van der Waals surface area contributed by atoms with Crippen molar-refractivity contribution >= 4 is 5.69 Å². The fourth-order valence-corrected chi connectivity index (χ4v) is 2.66. The molecule has 0 saturated carbocycles. The van der Waals surface area contributed by atoms with E-state index >= 15 is 0 Å². The first-order valence-corrected chi connectivity index (χ1v) is 9.07. The first-order chi connectivity index (χ1) is 11.8. The van der Waals surface area contributed by atoms with Gasteiger partial charge in [0.05, 0.1) is 0 Å². The number of rotatable bonds is 10. The van der Waals surface area contributed by atoms with Crippen LogP contribution in [0, 0.1) is 0 Å². The van der Waals surface area contributed by atoms with Crippen molar-refractivity contribution in [3.8, 4) is 17.2 Å². The zero-order valence-corrected chi connectivity index (χ0v) is 14.8. The molecule has 3 nitrogen and oxygen atoms in total. The minimum atomic E-state index is 0.247. The first kappa shape index (κ1) is 18.2. The Morgan fingerprint density at radius 1 is 0.917 bits per heavy atom. The molecule has 0 aliphatic rings. The highest BCUT2D eigenvalue weighted by molar-refractivity contribution is 5.69. The number of unbranched alkanes of at least 4 members (excludes halogenated alkanes) is 3. The van der Waals surface area contributed by atoms with Gasteiger partial charge in [-0.25, -0.2) is 0 Å². The Morgan fingerprint density at radius 2 is 1.67 bits per heavy atom. The largest absolute Gasteiger partial charge is 0.506 e. The molecule has 2 aromatic carbocycles. The lowest BCUT2D eigenvalue weighted by Crippen LogP contribution is -2.05. The fourth-order valence-electron chi connectivity index (χ4n) is 2.66. The minimum absolute atomic E-state index is 0.247. The van der Waals surface area contributed by atoms with Crippen molar-refractivity contribution in [3.05, 3.63) is 48.0 Å². The van der Waals surface area contributed by atoms with Crippen LogP contribution in [-0.4, -0.2) is 11.7 Å². The van der Waals surface area contributed by atoms with Gasteiger partial charge in [0.15, 0.2) is 5.75 Å². The molecule has 3 heteroatoms. The van der Waals surface area contributed by atoms with Crippen LogP contribution in [0.15, 0.2) is 42.5 Å². The van der Waals surface area contributed by atoms with Gasteiger partial charge in [0.25, 0.3) is 0 Å². The molecule has 2 N–H and O–H groups in total. The third kappa shape index (κ3) is 5.19. The third-order valence-electron chi connectivity index (χ3n) is 4.06. The molecule has 2 rings (SSSR count). The van der Waals surface area contributed by atoms with Gasteiger partial charge in [-0.1, -0.05) is 57.4 Å². The van der Waals surface area contributed by atoms with E-state index < -0.39 is 0 Å². The lowest BCUT2D eigenvalue weighted by molar-refractivity contribution is 0.454. The summed E-state index contributed by atoms with van der Waals surface area (Å²) in [5, 5.41) is 13.7. The van der Waals surface area contributed by atoms with E-state index in [-0.39, 0.29) is 5.75 Å². The van der Waals surface area contributed by atoms with E-state index in [0.717, 1.165) is 49.3 Å². The van der Waals surface area contributed by atoms with Crippen molar-refractivity contribution in [1.82, 2.24) is 0 Å². The number of aryl methyl sites for hydroxylation is 1. The molecule has 0 spiro atoms. The molecule has 0 heterocycles. The number of phenols is 1. The number of para-hydroxylation sites is 1. The highest BCUT2D eigenvalue weighted by Crippen LogP contribution is 2.40. The molecule has 0 radical (unpaired) electrons. The number of benzene rings is 2. The number of ether oxygens (including phenoxy) is 1. The minimum Gasteiger partial charge on any atom is -0.506 e. The first-order valence-electron chi connectivity index (χ1n) is 9.07. The van der Waals surface area contributed by atoms with Crippen LogP contribution < -0.4 is 10.1 Å². The van der Waals surface area contributed by atoms with Crippen LogP contribution in [0.5, 0.6) is 17.2 Å². The summed E-state index contributed by atoms with van der Waals surface area (Å²) in [6.45, 7) is 5.19. The topological polar surface area (TPSA) is 41.5 Å². The molecule has 0 aliphatic carbocycles. The number of hydrogen-bond donors (Lipinski definition) is 2. The standard InChI is InChI=1S/C21H29NO2/c1-3-5-8-11-17-14-15-19(23)20(22-16-6-4-2)21(17)24-18-12-9-7-10-13-18/h7,9-10,12-15,22-23H,3-6,8,11,16H2,1-2H3. The summed E-state index contributed by atoms with van der Waals surface area (Å²) in [6.07, 6.45) is 6.64. The third-order valence-corrected chi connectivity index (χ3v) is 4.06. The van der Waals surface area contributed by atoms with E-state index in [1.807, 2.05) is 36.4 Å². The molecular formula is C21H29NO2. The number of anilines is 1. The highest BCUT2D eigenvalue weighted by atomic mass is 16.5. The summed E-state index contributed by atoms with van der Waals surface area (Å²) in [4.78, 5) is 0. The maximum absolute atomic E-state index is 10.3. The van der Waals surface area contributed by atoms with Crippen molar-refractivity contribution in [2.75, 3.05) is 11.9 Å². The lowest BCUT2D eigenvalue weighted by Gasteiger charge is -2.18. The van der Waals surface area contributed by atoms with Gasteiger partial charge in [0.2, 0.25) is 0 Å². The zero-order chi connectivity index (χ0) is 17.2. The second-order valence-electron chi connectivity index (χ2n) is 6.10. The average molecular weight is 327 g/mol. The molecule has 0 unspecified atom stereocenters. The number of hydrogen-bond acceptors (Lipinski definition) is 3. The van der Waals surface area contributed by atoms with Crippen LogP contribution in [0.25, 0.3) is 0 Å². The summed E-state index contributed by atoms with van der Waals surface area (Å²) in [6, 6.07) is 13.5. The average Bonchev–Trinajstić information content (AvgIpc) is 2.60. The molecule has 0 amide bonds. The van der Waals surface area contributed by atoms with Gasteiger partial charge in [0, 0.05) is 6.54 Å². The summed E-state index contributed by atoms with van der Waals surface area (Å²) in [7, 11) is 0. The Hall–Kier alpha value is -2.16. The predicted molar refractivity (Wildman–Crippen MR) is 101 cm³/mol. The van der Waals surface area contributed by atoms with Gasteiger partial charge in [-0.2, -0.15) is 0 Å². The van der Waals surface area contributed by atoms with E-state index in [2.05, 4.69) is 19.2 Å². The van der Waals surface area contributed by atoms with Gasteiger partial charge in [-0.05, 0) is 43.0 Å². The van der Waals surface area contributed by atoms with E-state index in [0.29, 0.717) is 5.69 Å². The SMILES string of the molecule is CCCCCc1ccc(O)c(NCCCC)c1Oc1ccccc1. The van der Waals surface area contributed by atoms with E-state index in [9.17, 15) is 5.11 Å². The van der Waals surface area contributed by atoms with Gasteiger partial charge in [-0.15, -0.1) is 0 Å². The molecular weight excluding hydrogens is 298 g/mol.